The number of carboxylic acids is 1. The van der Waals surface area contributed by atoms with Crippen molar-refractivity contribution < 1.29 is 29.0 Å². The first-order chi connectivity index (χ1) is 15.1. The lowest BCUT2D eigenvalue weighted by atomic mass is 10.00. The first-order valence-corrected chi connectivity index (χ1v) is 9.61. The fourth-order valence-electron chi connectivity index (χ4n) is 2.64. The highest BCUT2D eigenvalue weighted by atomic mass is 16.5. The summed E-state index contributed by atoms with van der Waals surface area (Å²) < 4.78 is 6.88. The van der Waals surface area contributed by atoms with Gasteiger partial charge in [-0.25, -0.2) is 4.98 Å². The van der Waals surface area contributed by atoms with Crippen molar-refractivity contribution in [1.29, 1.82) is 0 Å². The number of carbonyl (C=O) groups is 4. The molecule has 0 saturated carbocycles. The first-order valence-electron chi connectivity index (χ1n) is 9.61. The summed E-state index contributed by atoms with van der Waals surface area (Å²) in [5.41, 5.74) is -0.506. The number of anilines is 1. The van der Waals surface area contributed by atoms with Crippen LogP contribution in [-0.4, -0.2) is 64.3 Å². The van der Waals surface area contributed by atoms with Crippen LogP contribution < -0.4 is 16.0 Å². The molecule has 0 aliphatic heterocycles. The highest BCUT2D eigenvalue weighted by Crippen LogP contribution is 2.08. The average molecular weight is 441 g/mol. The van der Waals surface area contributed by atoms with E-state index in [1.54, 1.807) is 0 Å². The Morgan fingerprint density at radius 1 is 1.22 bits per heavy atom. The number of imidazole rings is 1. The van der Waals surface area contributed by atoms with E-state index in [4.69, 9.17) is 17.7 Å². The molecule has 0 saturated heterocycles. The molecule has 1 aromatic heterocycles. The highest BCUT2D eigenvalue weighted by molar-refractivity contribution is 6.57. The summed E-state index contributed by atoms with van der Waals surface area (Å²) in [4.78, 5) is 51.3. The third-order valence-corrected chi connectivity index (χ3v) is 4.22. The Bertz CT molecular complexity index is 962. The number of ether oxygens (including phenoxy) is 1. The van der Waals surface area contributed by atoms with Gasteiger partial charge < -0.3 is 30.4 Å². The van der Waals surface area contributed by atoms with Gasteiger partial charge in [-0.15, -0.1) is 0 Å². The third-order valence-electron chi connectivity index (χ3n) is 4.22. The lowest BCUT2D eigenvalue weighted by Crippen LogP contribution is -2.59. The topological polar surface area (TPSA) is 152 Å². The van der Waals surface area contributed by atoms with Gasteiger partial charge in [-0.3, -0.25) is 19.2 Å². The summed E-state index contributed by atoms with van der Waals surface area (Å²) in [6.45, 7) is 2.57. The van der Waals surface area contributed by atoms with Crippen LogP contribution in [0.4, 0.5) is 10.6 Å². The zero-order valence-electron chi connectivity index (χ0n) is 17.7. The van der Waals surface area contributed by atoms with Gasteiger partial charge in [0.15, 0.2) is 11.6 Å². The van der Waals surface area contributed by atoms with Crippen LogP contribution in [0.5, 0.6) is 0 Å². The molecule has 0 bridgehead atoms. The zero-order valence-corrected chi connectivity index (χ0v) is 17.7. The second kappa shape index (κ2) is 11.1. The lowest BCUT2D eigenvalue weighted by Gasteiger charge is -2.27. The first kappa shape index (κ1) is 24.6. The normalized spacial score (nSPS) is 11.9. The van der Waals surface area contributed by atoms with Crippen molar-refractivity contribution in [2.75, 3.05) is 11.9 Å². The summed E-state index contributed by atoms with van der Waals surface area (Å²) in [5, 5.41) is 16.2. The number of hydrogen-bond donors (Lipinski definition) is 4. The number of aliphatic carboxylic acids is 1. The number of aromatic nitrogens is 2. The van der Waals surface area contributed by atoms with Gasteiger partial charge in [-0.2, -0.15) is 0 Å². The van der Waals surface area contributed by atoms with Gasteiger partial charge in [0.2, 0.25) is 13.8 Å². The largest absolute Gasteiger partial charge is 0.480 e. The van der Waals surface area contributed by atoms with E-state index in [9.17, 15) is 19.2 Å². The monoisotopic (exact) mass is 441 g/mol. The molecule has 12 heteroatoms. The molecule has 0 aliphatic carbocycles. The van der Waals surface area contributed by atoms with E-state index in [1.165, 1.54) is 30.9 Å². The standard InChI is InChI=1S/C20H24BN5O6/c1-20(2,25-19(21)31)18(30)23-14(11-32-10-13-6-4-3-5-7-13)17(29)24-15-8-26(12-22-15)9-16(27)28/h3-8,12,14H,9-11H2,1-2H3,(H,23,30)(H,24,29)(H,25,31)(H,27,28). The van der Waals surface area contributed by atoms with Crippen molar-refractivity contribution in [3.8, 4) is 0 Å². The molecular formula is C20H24BN5O6. The maximum absolute atomic E-state index is 12.8. The van der Waals surface area contributed by atoms with Gasteiger partial charge in [0.25, 0.3) is 5.91 Å². The van der Waals surface area contributed by atoms with Crippen LogP contribution in [0.1, 0.15) is 19.4 Å². The van der Waals surface area contributed by atoms with E-state index in [0.29, 0.717) is 0 Å². The summed E-state index contributed by atoms with van der Waals surface area (Å²) in [5.74, 6) is -3.15. The number of nitrogens with one attached hydrogen (secondary N) is 3. The summed E-state index contributed by atoms with van der Waals surface area (Å²) in [7, 11) is 5.10. The van der Waals surface area contributed by atoms with Crippen molar-refractivity contribution in [3.63, 3.8) is 0 Å². The van der Waals surface area contributed by atoms with Crippen molar-refractivity contribution in [2.24, 2.45) is 0 Å². The Morgan fingerprint density at radius 3 is 2.53 bits per heavy atom. The second-order valence-electron chi connectivity index (χ2n) is 7.46. The Balaban J connectivity index is 2.08. The van der Waals surface area contributed by atoms with E-state index < -0.39 is 35.2 Å². The van der Waals surface area contributed by atoms with Crippen LogP contribution in [0.3, 0.4) is 0 Å². The van der Waals surface area contributed by atoms with Crippen LogP contribution >= 0.6 is 0 Å². The fraction of sp³-hybridized carbons (Fsp3) is 0.350. The Labute approximate surface area is 185 Å². The summed E-state index contributed by atoms with van der Waals surface area (Å²) in [6, 6.07) is 8.11. The van der Waals surface area contributed by atoms with Gasteiger partial charge in [-0.1, -0.05) is 30.3 Å². The molecular weight excluding hydrogens is 417 g/mol. The van der Waals surface area contributed by atoms with Gasteiger partial charge in [0.1, 0.15) is 18.1 Å². The predicted molar refractivity (Wildman–Crippen MR) is 115 cm³/mol. The molecule has 1 unspecified atom stereocenters. The minimum atomic E-state index is -1.38. The Hall–Kier alpha value is -3.67. The smallest absolute Gasteiger partial charge is 0.323 e. The molecule has 11 nitrogen and oxygen atoms in total. The molecule has 4 N–H and O–H groups in total. The van der Waals surface area contributed by atoms with Gasteiger partial charge >= 0.3 is 5.97 Å². The Morgan fingerprint density at radius 2 is 1.91 bits per heavy atom. The zero-order chi connectivity index (χ0) is 23.7. The molecule has 3 amide bonds. The number of rotatable bonds is 11. The SMILES string of the molecule is [B]C(=O)NC(C)(C)C(=O)NC(COCc1ccccc1)C(=O)Nc1cn(CC(=O)O)cn1. The third kappa shape index (κ3) is 7.87. The van der Waals surface area contributed by atoms with E-state index in [0.717, 1.165) is 5.56 Å². The molecule has 1 heterocycles. The van der Waals surface area contributed by atoms with Gasteiger partial charge in [0, 0.05) is 6.20 Å². The number of nitrogens with zero attached hydrogens (tertiary/aromatic N) is 2. The minimum Gasteiger partial charge on any atom is -0.480 e. The molecule has 168 valence electrons. The predicted octanol–water partition coefficient (Wildman–Crippen LogP) is 0.265. The Kier molecular flexibility index (Phi) is 8.53. The molecule has 0 aliphatic rings. The summed E-state index contributed by atoms with van der Waals surface area (Å²) >= 11 is 0. The van der Waals surface area contributed by atoms with Crippen LogP contribution in [0.15, 0.2) is 42.9 Å². The quantitative estimate of drug-likeness (QED) is 0.365. The van der Waals surface area contributed by atoms with Gasteiger partial charge in [0.05, 0.1) is 19.5 Å². The van der Waals surface area contributed by atoms with E-state index in [1.807, 2.05) is 30.3 Å². The molecule has 2 rings (SSSR count). The number of amides is 3. The van der Waals surface area contributed by atoms with Crippen LogP contribution in [0.2, 0.25) is 0 Å². The van der Waals surface area contributed by atoms with E-state index >= 15 is 0 Å². The molecule has 1 atom stereocenters. The highest BCUT2D eigenvalue weighted by Gasteiger charge is 2.32. The number of hydrogen-bond acceptors (Lipinski definition) is 6. The number of benzene rings is 1. The maximum atomic E-state index is 12.8. The van der Waals surface area contributed by atoms with Crippen LogP contribution in [-0.2, 0) is 32.3 Å². The van der Waals surface area contributed by atoms with Crippen molar-refractivity contribution in [1.82, 2.24) is 20.2 Å². The fourth-order valence-corrected chi connectivity index (χ4v) is 2.64. The molecule has 1 aromatic carbocycles. The van der Waals surface area contributed by atoms with E-state index in [-0.39, 0.29) is 25.6 Å². The molecule has 2 aromatic rings. The summed E-state index contributed by atoms with van der Waals surface area (Å²) in [6.07, 6.45) is 2.59. The maximum Gasteiger partial charge on any atom is 0.323 e. The second-order valence-corrected chi connectivity index (χ2v) is 7.46. The lowest BCUT2D eigenvalue weighted by molar-refractivity contribution is -0.137. The molecule has 0 spiro atoms. The molecule has 2 radical (unpaired) electrons. The average Bonchev–Trinajstić information content (AvgIpc) is 3.12. The van der Waals surface area contributed by atoms with Crippen LogP contribution in [0, 0.1) is 0 Å². The molecule has 32 heavy (non-hydrogen) atoms. The van der Waals surface area contributed by atoms with Crippen molar-refractivity contribution >= 4 is 37.3 Å². The number of carboxylic acid groups (broad SMARTS) is 1. The molecule has 0 fully saturated rings. The number of carbonyl (C=O) groups excluding carboxylic acids is 3. The van der Waals surface area contributed by atoms with E-state index in [2.05, 4.69) is 20.9 Å². The van der Waals surface area contributed by atoms with Gasteiger partial charge in [-0.05, 0) is 19.4 Å². The van der Waals surface area contributed by atoms with Crippen LogP contribution in [0.25, 0.3) is 0 Å². The van der Waals surface area contributed by atoms with Crippen molar-refractivity contribution in [3.05, 3.63) is 48.4 Å². The minimum absolute atomic E-state index is 0.105. The van der Waals surface area contributed by atoms with Crippen molar-refractivity contribution in [2.45, 2.75) is 38.6 Å².